The molecule has 1 unspecified atom stereocenters. The Labute approximate surface area is 81.7 Å². The largest absolute Gasteiger partial charge is 0.395 e. The molecule has 13 heavy (non-hydrogen) atoms. The Kier molecular flexibility index (Phi) is 4.74. The highest BCUT2D eigenvalue weighted by molar-refractivity contribution is 4.78. The maximum Gasteiger partial charge on any atom is 0.0584 e. The first-order valence-electron chi connectivity index (χ1n) is 5.59. The van der Waals surface area contributed by atoms with Gasteiger partial charge in [-0.25, -0.2) is 0 Å². The van der Waals surface area contributed by atoms with Crippen LogP contribution in [0.2, 0.25) is 0 Å². The van der Waals surface area contributed by atoms with Crippen LogP contribution >= 0.6 is 0 Å². The van der Waals surface area contributed by atoms with Crippen molar-refractivity contribution in [2.24, 2.45) is 5.92 Å². The summed E-state index contributed by atoms with van der Waals surface area (Å²) < 4.78 is 0. The molecule has 0 spiro atoms. The van der Waals surface area contributed by atoms with Gasteiger partial charge in [0.05, 0.1) is 6.61 Å². The van der Waals surface area contributed by atoms with Crippen LogP contribution in [0.1, 0.15) is 46.0 Å². The lowest BCUT2D eigenvalue weighted by Gasteiger charge is -2.22. The Hall–Kier alpha value is -0.0800. The van der Waals surface area contributed by atoms with Crippen LogP contribution in [0, 0.1) is 5.92 Å². The van der Waals surface area contributed by atoms with E-state index < -0.39 is 0 Å². The molecular formula is C11H23NO. The van der Waals surface area contributed by atoms with Gasteiger partial charge < -0.3 is 10.4 Å². The van der Waals surface area contributed by atoms with Crippen molar-refractivity contribution in [2.75, 3.05) is 6.61 Å². The van der Waals surface area contributed by atoms with E-state index in [1.807, 2.05) is 0 Å². The first kappa shape index (κ1) is 11.0. The number of aliphatic hydroxyl groups excluding tert-OH is 1. The van der Waals surface area contributed by atoms with Crippen molar-refractivity contribution in [2.45, 2.75) is 58.0 Å². The SMILES string of the molecule is CC(C)CC(CO)NC1CCCC1. The molecular weight excluding hydrogens is 162 g/mol. The maximum absolute atomic E-state index is 9.17. The Morgan fingerprint density at radius 2 is 1.92 bits per heavy atom. The zero-order valence-electron chi connectivity index (χ0n) is 8.92. The van der Waals surface area contributed by atoms with Gasteiger partial charge in [0.25, 0.3) is 0 Å². The third-order valence-electron chi connectivity index (χ3n) is 2.80. The van der Waals surface area contributed by atoms with Crippen LogP contribution in [-0.4, -0.2) is 23.8 Å². The average molecular weight is 185 g/mol. The van der Waals surface area contributed by atoms with Gasteiger partial charge in [0, 0.05) is 12.1 Å². The Morgan fingerprint density at radius 3 is 2.38 bits per heavy atom. The minimum atomic E-state index is 0.286. The Morgan fingerprint density at radius 1 is 1.31 bits per heavy atom. The first-order valence-corrected chi connectivity index (χ1v) is 5.59. The summed E-state index contributed by atoms with van der Waals surface area (Å²) in [6, 6.07) is 0.999. The van der Waals surface area contributed by atoms with Gasteiger partial charge in [0.15, 0.2) is 0 Å². The molecule has 1 saturated carbocycles. The van der Waals surface area contributed by atoms with E-state index in [9.17, 15) is 5.11 Å². The van der Waals surface area contributed by atoms with Gasteiger partial charge in [-0.3, -0.25) is 0 Å². The molecule has 1 fully saturated rings. The van der Waals surface area contributed by atoms with Crippen LogP contribution in [0.5, 0.6) is 0 Å². The molecule has 0 amide bonds. The van der Waals surface area contributed by atoms with Gasteiger partial charge in [0.1, 0.15) is 0 Å². The smallest absolute Gasteiger partial charge is 0.0584 e. The molecule has 1 aliphatic carbocycles. The molecule has 0 radical (unpaired) electrons. The fourth-order valence-corrected chi connectivity index (χ4v) is 2.19. The molecule has 0 aromatic carbocycles. The highest BCUT2D eigenvalue weighted by Crippen LogP contribution is 2.19. The fraction of sp³-hybridized carbons (Fsp3) is 1.00. The highest BCUT2D eigenvalue weighted by Gasteiger charge is 2.18. The monoisotopic (exact) mass is 185 g/mol. The van der Waals surface area contributed by atoms with Crippen molar-refractivity contribution in [1.82, 2.24) is 5.32 Å². The van der Waals surface area contributed by atoms with Gasteiger partial charge in [-0.15, -0.1) is 0 Å². The predicted octanol–water partition coefficient (Wildman–Crippen LogP) is 1.93. The van der Waals surface area contributed by atoms with Crippen LogP contribution < -0.4 is 5.32 Å². The molecule has 2 nitrogen and oxygen atoms in total. The minimum Gasteiger partial charge on any atom is -0.395 e. The molecule has 2 N–H and O–H groups in total. The topological polar surface area (TPSA) is 32.3 Å². The average Bonchev–Trinajstić information content (AvgIpc) is 2.55. The summed E-state index contributed by atoms with van der Waals surface area (Å²) in [6.07, 6.45) is 6.41. The van der Waals surface area contributed by atoms with E-state index in [4.69, 9.17) is 0 Å². The van der Waals surface area contributed by atoms with E-state index >= 15 is 0 Å². The van der Waals surface area contributed by atoms with Crippen LogP contribution in [0.25, 0.3) is 0 Å². The molecule has 0 aromatic heterocycles. The summed E-state index contributed by atoms with van der Waals surface area (Å²) in [5.74, 6) is 0.672. The predicted molar refractivity (Wildman–Crippen MR) is 55.7 cm³/mol. The quantitative estimate of drug-likeness (QED) is 0.686. The van der Waals surface area contributed by atoms with E-state index in [1.54, 1.807) is 0 Å². The van der Waals surface area contributed by atoms with Crippen LogP contribution in [0.4, 0.5) is 0 Å². The lowest BCUT2D eigenvalue weighted by molar-refractivity contribution is 0.213. The third-order valence-corrected chi connectivity index (χ3v) is 2.80. The van der Waals surface area contributed by atoms with E-state index in [-0.39, 0.29) is 6.61 Å². The number of nitrogens with one attached hydrogen (secondary N) is 1. The van der Waals surface area contributed by atoms with E-state index in [2.05, 4.69) is 19.2 Å². The summed E-state index contributed by atoms with van der Waals surface area (Å²) in [6.45, 7) is 4.70. The second kappa shape index (κ2) is 5.61. The van der Waals surface area contributed by atoms with Crippen molar-refractivity contribution < 1.29 is 5.11 Å². The third kappa shape index (κ3) is 4.10. The first-order chi connectivity index (χ1) is 6.22. The Bertz CT molecular complexity index is 130. The molecule has 0 heterocycles. The van der Waals surface area contributed by atoms with Crippen molar-refractivity contribution in [3.05, 3.63) is 0 Å². The highest BCUT2D eigenvalue weighted by atomic mass is 16.3. The van der Waals surface area contributed by atoms with E-state index in [1.165, 1.54) is 25.7 Å². The lowest BCUT2D eigenvalue weighted by atomic mass is 10.0. The van der Waals surface area contributed by atoms with Crippen molar-refractivity contribution in [3.8, 4) is 0 Å². The van der Waals surface area contributed by atoms with Crippen LogP contribution in [-0.2, 0) is 0 Å². The van der Waals surface area contributed by atoms with E-state index in [0.717, 1.165) is 6.42 Å². The molecule has 1 aliphatic rings. The summed E-state index contributed by atoms with van der Waals surface area (Å²) in [5, 5.41) is 12.7. The summed E-state index contributed by atoms with van der Waals surface area (Å²) in [7, 11) is 0. The molecule has 0 bridgehead atoms. The van der Waals surface area contributed by atoms with E-state index in [0.29, 0.717) is 18.0 Å². The number of aliphatic hydroxyl groups is 1. The zero-order valence-corrected chi connectivity index (χ0v) is 8.92. The van der Waals surface area contributed by atoms with Crippen LogP contribution in [0.15, 0.2) is 0 Å². The Balaban J connectivity index is 2.21. The summed E-state index contributed by atoms with van der Waals surface area (Å²) in [4.78, 5) is 0. The lowest BCUT2D eigenvalue weighted by Crippen LogP contribution is -2.39. The molecule has 0 saturated heterocycles. The van der Waals surface area contributed by atoms with Crippen molar-refractivity contribution >= 4 is 0 Å². The maximum atomic E-state index is 9.17. The summed E-state index contributed by atoms with van der Waals surface area (Å²) in [5.41, 5.74) is 0. The number of hydrogen-bond donors (Lipinski definition) is 2. The normalized spacial score (nSPS) is 21.2. The molecule has 78 valence electrons. The second-order valence-electron chi connectivity index (χ2n) is 4.66. The molecule has 1 atom stereocenters. The standard InChI is InChI=1S/C11H23NO/c1-9(2)7-11(8-13)12-10-5-3-4-6-10/h9-13H,3-8H2,1-2H3. The van der Waals surface area contributed by atoms with Gasteiger partial charge in [-0.05, 0) is 25.2 Å². The number of hydrogen-bond acceptors (Lipinski definition) is 2. The van der Waals surface area contributed by atoms with Gasteiger partial charge in [-0.1, -0.05) is 26.7 Å². The number of rotatable bonds is 5. The molecule has 0 aromatic rings. The van der Waals surface area contributed by atoms with Crippen molar-refractivity contribution in [1.29, 1.82) is 0 Å². The summed E-state index contributed by atoms with van der Waals surface area (Å²) >= 11 is 0. The van der Waals surface area contributed by atoms with Crippen LogP contribution in [0.3, 0.4) is 0 Å². The molecule has 2 heteroatoms. The zero-order chi connectivity index (χ0) is 9.68. The molecule has 1 rings (SSSR count). The van der Waals surface area contributed by atoms with Gasteiger partial charge in [-0.2, -0.15) is 0 Å². The van der Waals surface area contributed by atoms with Gasteiger partial charge in [0.2, 0.25) is 0 Å². The van der Waals surface area contributed by atoms with Crippen molar-refractivity contribution in [3.63, 3.8) is 0 Å². The minimum absolute atomic E-state index is 0.286. The fourth-order valence-electron chi connectivity index (χ4n) is 2.19. The second-order valence-corrected chi connectivity index (χ2v) is 4.66. The van der Waals surface area contributed by atoms with Gasteiger partial charge >= 0.3 is 0 Å². The molecule has 0 aliphatic heterocycles.